The van der Waals surface area contributed by atoms with Crippen LogP contribution in [0.1, 0.15) is 0 Å². The van der Waals surface area contributed by atoms with E-state index in [1.165, 1.54) is 0 Å². The summed E-state index contributed by atoms with van der Waals surface area (Å²) in [5.74, 6) is 0. The van der Waals surface area contributed by atoms with Crippen molar-refractivity contribution in [2.24, 2.45) is 0 Å². The minimum atomic E-state index is -0.437. The van der Waals surface area contributed by atoms with Crippen molar-refractivity contribution in [3.8, 4) is 0 Å². The molecule has 0 bridgehead atoms. The summed E-state index contributed by atoms with van der Waals surface area (Å²) in [6.45, 7) is 6.00. The molecule has 0 spiro atoms. The summed E-state index contributed by atoms with van der Waals surface area (Å²) in [6.07, 6.45) is 0. The molecule has 6 N–H and O–H groups in total. The van der Waals surface area contributed by atoms with Crippen LogP contribution in [0.2, 0.25) is 0 Å². The minimum Gasteiger partial charge on any atom is -0.344 e. The SMILES string of the molecule is C=C.ClC1C(Cl)C(Cl)C(Cl)C(Cl)C1Cl.N.N. The van der Waals surface area contributed by atoms with Crippen molar-refractivity contribution in [2.75, 3.05) is 0 Å². The molecule has 0 unspecified atom stereocenters. The highest BCUT2D eigenvalue weighted by Gasteiger charge is 2.46. The van der Waals surface area contributed by atoms with Gasteiger partial charge in [-0.3, -0.25) is 0 Å². The van der Waals surface area contributed by atoms with Gasteiger partial charge in [0.25, 0.3) is 0 Å². The summed E-state index contributed by atoms with van der Waals surface area (Å²) >= 11 is 35.3. The maximum Gasteiger partial charge on any atom is 0.0693 e. The Kier molecular flexibility index (Phi) is 14.6. The van der Waals surface area contributed by atoms with Gasteiger partial charge in [-0.25, -0.2) is 0 Å². The zero-order valence-corrected chi connectivity index (χ0v) is 13.1. The van der Waals surface area contributed by atoms with E-state index in [1.54, 1.807) is 0 Å². The predicted molar refractivity (Wildman–Crippen MR) is 79.1 cm³/mol. The van der Waals surface area contributed by atoms with E-state index in [1.807, 2.05) is 0 Å². The van der Waals surface area contributed by atoms with Crippen molar-refractivity contribution in [1.82, 2.24) is 12.3 Å². The molecule has 0 radical (unpaired) electrons. The first-order valence-electron chi connectivity index (χ1n) is 3.81. The van der Waals surface area contributed by atoms with E-state index >= 15 is 0 Å². The van der Waals surface area contributed by atoms with Crippen molar-refractivity contribution in [1.29, 1.82) is 0 Å². The van der Waals surface area contributed by atoms with Gasteiger partial charge in [0.2, 0.25) is 0 Å². The molecule has 1 aliphatic carbocycles. The Balaban J connectivity index is -0.000000399. The Bertz CT molecular complexity index is 125. The third kappa shape index (κ3) is 4.95. The van der Waals surface area contributed by atoms with E-state index in [0.29, 0.717) is 0 Å². The van der Waals surface area contributed by atoms with Crippen LogP contribution < -0.4 is 12.3 Å². The molecule has 0 amide bonds. The second-order valence-corrected chi connectivity index (χ2v) is 5.69. The molecule has 0 aliphatic heterocycles. The predicted octanol–water partition coefficient (Wildman–Crippen LogP) is 4.77. The van der Waals surface area contributed by atoms with Gasteiger partial charge < -0.3 is 12.3 Å². The first-order valence-corrected chi connectivity index (χ1v) is 6.43. The second-order valence-electron chi connectivity index (χ2n) is 2.67. The number of hydrogen-bond acceptors (Lipinski definition) is 2. The monoisotopic (exact) mass is 350 g/mol. The minimum absolute atomic E-state index is 0. The molecule has 0 aromatic rings. The summed E-state index contributed by atoms with van der Waals surface area (Å²) < 4.78 is 0. The van der Waals surface area contributed by atoms with Crippen molar-refractivity contribution in [3.63, 3.8) is 0 Å². The van der Waals surface area contributed by atoms with Crippen LogP contribution in [0.15, 0.2) is 13.2 Å². The third-order valence-corrected chi connectivity index (χ3v) is 5.86. The molecule has 100 valence electrons. The quantitative estimate of drug-likeness (QED) is 0.487. The first-order chi connectivity index (χ1) is 6.46. The van der Waals surface area contributed by atoms with Crippen molar-refractivity contribution >= 4 is 69.6 Å². The van der Waals surface area contributed by atoms with E-state index in [2.05, 4.69) is 13.2 Å². The fourth-order valence-corrected chi connectivity index (χ4v) is 3.38. The smallest absolute Gasteiger partial charge is 0.0693 e. The van der Waals surface area contributed by atoms with Crippen LogP contribution in [-0.4, -0.2) is 32.3 Å². The van der Waals surface area contributed by atoms with E-state index in [9.17, 15) is 0 Å². The maximum absolute atomic E-state index is 5.88. The summed E-state index contributed by atoms with van der Waals surface area (Å²) in [5.41, 5.74) is 0. The zero-order valence-electron chi connectivity index (χ0n) is 8.56. The Hall–Kier alpha value is 1.40. The lowest BCUT2D eigenvalue weighted by Gasteiger charge is -2.37. The third-order valence-electron chi connectivity index (χ3n) is 1.83. The van der Waals surface area contributed by atoms with Gasteiger partial charge in [-0.2, -0.15) is 0 Å². The molecule has 1 saturated carbocycles. The van der Waals surface area contributed by atoms with Crippen molar-refractivity contribution < 1.29 is 0 Å². The summed E-state index contributed by atoms with van der Waals surface area (Å²) in [4.78, 5) is 0. The number of alkyl halides is 6. The lowest BCUT2D eigenvalue weighted by molar-refractivity contribution is 0.544. The molecule has 1 rings (SSSR count). The van der Waals surface area contributed by atoms with Gasteiger partial charge in [-0.15, -0.1) is 82.8 Å². The van der Waals surface area contributed by atoms with Gasteiger partial charge in [-0.05, 0) is 0 Å². The zero-order chi connectivity index (χ0) is 11.5. The number of rotatable bonds is 0. The summed E-state index contributed by atoms with van der Waals surface area (Å²) in [6, 6.07) is 0. The molecule has 2 nitrogen and oxygen atoms in total. The van der Waals surface area contributed by atoms with E-state index in [0.717, 1.165) is 0 Å². The van der Waals surface area contributed by atoms with Crippen LogP contribution in [0.5, 0.6) is 0 Å². The Morgan fingerprint density at radius 2 is 0.500 bits per heavy atom. The van der Waals surface area contributed by atoms with E-state index in [-0.39, 0.29) is 12.3 Å². The van der Waals surface area contributed by atoms with Crippen molar-refractivity contribution in [3.05, 3.63) is 13.2 Å². The van der Waals surface area contributed by atoms with Crippen LogP contribution in [0.25, 0.3) is 0 Å². The molecular formula is C8H16Cl6N2. The van der Waals surface area contributed by atoms with Crippen molar-refractivity contribution in [2.45, 2.75) is 32.3 Å². The molecule has 0 heterocycles. The van der Waals surface area contributed by atoms with Crippen LogP contribution in [0.4, 0.5) is 0 Å². The maximum atomic E-state index is 5.88. The van der Waals surface area contributed by atoms with Gasteiger partial charge in [0, 0.05) is 0 Å². The lowest BCUT2D eigenvalue weighted by atomic mass is 9.97. The molecular weight excluding hydrogens is 337 g/mol. The van der Waals surface area contributed by atoms with Crippen LogP contribution in [0.3, 0.4) is 0 Å². The largest absolute Gasteiger partial charge is 0.344 e. The molecule has 0 atom stereocenters. The van der Waals surface area contributed by atoms with Crippen LogP contribution in [-0.2, 0) is 0 Å². The summed E-state index contributed by atoms with van der Waals surface area (Å²) in [7, 11) is 0. The second kappa shape index (κ2) is 10.3. The highest BCUT2D eigenvalue weighted by Crippen LogP contribution is 2.39. The fourth-order valence-electron chi connectivity index (χ4n) is 1.05. The molecule has 0 aromatic heterocycles. The Morgan fingerprint density at radius 1 is 0.438 bits per heavy atom. The van der Waals surface area contributed by atoms with Gasteiger partial charge in [0.15, 0.2) is 0 Å². The molecule has 1 aliphatic rings. The highest BCUT2D eigenvalue weighted by molar-refractivity contribution is 6.45. The average molecular weight is 353 g/mol. The topological polar surface area (TPSA) is 70.0 Å². The first kappa shape index (κ1) is 22.6. The van der Waals surface area contributed by atoms with Gasteiger partial charge in [-0.1, -0.05) is 0 Å². The lowest BCUT2D eigenvalue weighted by Crippen LogP contribution is -2.52. The number of halogens is 6. The number of hydrogen-bond donors (Lipinski definition) is 2. The average Bonchev–Trinajstić information content (AvgIpc) is 2.24. The molecule has 16 heavy (non-hydrogen) atoms. The van der Waals surface area contributed by atoms with Crippen LogP contribution in [0, 0.1) is 0 Å². The normalized spacial score (nSPS) is 41.9. The standard InChI is InChI=1S/C6H6Cl6.C2H4.2H3N/c7-1-2(8)4(10)6(12)5(11)3(1)9;1-2;;/h1-6H;1-2H2;2*1H3. The molecule has 0 aromatic carbocycles. The van der Waals surface area contributed by atoms with Gasteiger partial charge in [0.1, 0.15) is 0 Å². The van der Waals surface area contributed by atoms with Crippen LogP contribution >= 0.6 is 69.6 Å². The van der Waals surface area contributed by atoms with E-state index < -0.39 is 32.3 Å². The fraction of sp³-hybridized carbons (Fsp3) is 0.750. The Morgan fingerprint density at radius 3 is 0.562 bits per heavy atom. The van der Waals surface area contributed by atoms with Gasteiger partial charge >= 0.3 is 0 Å². The highest BCUT2D eigenvalue weighted by atomic mass is 35.5. The molecule has 8 heteroatoms. The van der Waals surface area contributed by atoms with Gasteiger partial charge in [0.05, 0.1) is 32.3 Å². The van der Waals surface area contributed by atoms with E-state index in [4.69, 9.17) is 69.6 Å². The molecule has 0 saturated heterocycles. The summed E-state index contributed by atoms with van der Waals surface area (Å²) in [5, 5.41) is -2.62. The Labute approximate surface area is 127 Å². The molecule has 1 fully saturated rings.